The number of nitrogens with zero attached hydrogens (tertiary/aromatic N) is 1. The molecular formula is C16H16FIN4O4. The molecule has 0 saturated heterocycles. The van der Waals surface area contributed by atoms with Gasteiger partial charge in [-0.2, -0.15) is 0 Å². The number of nitrogens with one attached hydrogen (secondary N) is 3. The zero-order valence-electron chi connectivity index (χ0n) is 13.9. The van der Waals surface area contributed by atoms with E-state index in [4.69, 9.17) is 4.84 Å². The Hall–Kier alpha value is -2.47. The molecule has 1 aromatic carbocycles. The lowest BCUT2D eigenvalue weighted by molar-refractivity contribution is -0.147. The van der Waals surface area contributed by atoms with E-state index in [1.54, 1.807) is 25.2 Å². The van der Waals surface area contributed by atoms with E-state index in [9.17, 15) is 14.0 Å². The molecule has 0 unspecified atom stereocenters. The second-order valence-corrected chi connectivity index (χ2v) is 6.13. The first-order valence-electron chi connectivity index (χ1n) is 7.34. The van der Waals surface area contributed by atoms with E-state index in [1.165, 1.54) is 19.2 Å². The van der Waals surface area contributed by atoms with Crippen LogP contribution in [0.15, 0.2) is 30.3 Å². The molecule has 0 aliphatic rings. The molecule has 8 nitrogen and oxygen atoms in total. The molecular weight excluding hydrogens is 458 g/mol. The Morgan fingerprint density at radius 3 is 2.69 bits per heavy atom. The fraction of sp³-hybridized carbons (Fsp3) is 0.188. The number of benzene rings is 1. The van der Waals surface area contributed by atoms with Crippen LogP contribution in [0.3, 0.4) is 0 Å². The summed E-state index contributed by atoms with van der Waals surface area (Å²) in [7, 11) is 2.86. The van der Waals surface area contributed by atoms with Gasteiger partial charge in [0.05, 0.1) is 18.4 Å². The number of esters is 1. The number of aromatic nitrogens is 1. The van der Waals surface area contributed by atoms with Crippen molar-refractivity contribution < 1.29 is 23.6 Å². The summed E-state index contributed by atoms with van der Waals surface area (Å²) < 4.78 is 19.2. The maximum absolute atomic E-state index is 14.1. The van der Waals surface area contributed by atoms with Gasteiger partial charge in [0.25, 0.3) is 5.91 Å². The van der Waals surface area contributed by atoms with Crippen LogP contribution in [0.25, 0.3) is 0 Å². The van der Waals surface area contributed by atoms with Gasteiger partial charge >= 0.3 is 5.97 Å². The van der Waals surface area contributed by atoms with Gasteiger partial charge in [0.1, 0.15) is 17.5 Å². The number of anilines is 3. The van der Waals surface area contributed by atoms with Crippen LogP contribution in [0, 0.1) is 9.39 Å². The third-order valence-corrected chi connectivity index (χ3v) is 3.83. The van der Waals surface area contributed by atoms with E-state index in [0.717, 1.165) is 3.57 Å². The van der Waals surface area contributed by atoms with Gasteiger partial charge in [0.15, 0.2) is 6.61 Å². The lowest BCUT2D eigenvalue weighted by Crippen LogP contribution is -2.28. The van der Waals surface area contributed by atoms with Crippen molar-refractivity contribution in [3.63, 3.8) is 0 Å². The molecule has 10 heteroatoms. The minimum atomic E-state index is -0.655. The summed E-state index contributed by atoms with van der Waals surface area (Å²) in [5.74, 6) is -1.19. The van der Waals surface area contributed by atoms with Crippen molar-refractivity contribution >= 4 is 51.8 Å². The van der Waals surface area contributed by atoms with Crippen molar-refractivity contribution in [1.82, 2.24) is 10.5 Å². The topological polar surface area (TPSA) is 102 Å². The average Bonchev–Trinajstić information content (AvgIpc) is 2.63. The number of carbonyl (C=O) groups is 2. The van der Waals surface area contributed by atoms with Crippen molar-refractivity contribution in [2.45, 2.75) is 0 Å². The highest BCUT2D eigenvalue weighted by Gasteiger charge is 2.16. The first-order valence-corrected chi connectivity index (χ1v) is 8.42. The van der Waals surface area contributed by atoms with Crippen LogP contribution in [-0.2, 0) is 14.4 Å². The van der Waals surface area contributed by atoms with Gasteiger partial charge in [-0.1, -0.05) is 0 Å². The Balaban J connectivity index is 2.23. The summed E-state index contributed by atoms with van der Waals surface area (Å²) in [6, 6.07) is 7.67. The fourth-order valence-corrected chi connectivity index (χ4v) is 2.32. The van der Waals surface area contributed by atoms with Crippen molar-refractivity contribution in [3.8, 4) is 0 Å². The molecule has 2 aromatic rings. The third-order valence-electron chi connectivity index (χ3n) is 3.16. The third kappa shape index (κ3) is 5.26. The number of pyridine rings is 1. The van der Waals surface area contributed by atoms with Crippen LogP contribution in [0.2, 0.25) is 0 Å². The normalized spacial score (nSPS) is 10.2. The summed E-state index contributed by atoms with van der Waals surface area (Å²) in [5, 5.41) is 5.64. The minimum Gasteiger partial charge on any atom is -0.467 e. The molecule has 0 radical (unpaired) electrons. The second-order valence-electron chi connectivity index (χ2n) is 4.89. The van der Waals surface area contributed by atoms with Gasteiger partial charge in [0.2, 0.25) is 0 Å². The lowest BCUT2D eigenvalue weighted by Gasteiger charge is -2.13. The lowest BCUT2D eigenvalue weighted by atomic mass is 10.2. The molecule has 1 heterocycles. The molecule has 0 aliphatic heterocycles. The Bertz CT molecular complexity index is 819. The van der Waals surface area contributed by atoms with Gasteiger partial charge in [-0.3, -0.25) is 9.63 Å². The smallest absolute Gasteiger partial charge is 0.334 e. The number of rotatable bonds is 7. The number of halogens is 2. The summed E-state index contributed by atoms with van der Waals surface area (Å²) in [6.07, 6.45) is 0. The average molecular weight is 474 g/mol. The van der Waals surface area contributed by atoms with Crippen molar-refractivity contribution in [2.75, 3.05) is 31.4 Å². The number of ether oxygens (including phenoxy) is 1. The van der Waals surface area contributed by atoms with Gasteiger partial charge in [-0.25, -0.2) is 19.6 Å². The Morgan fingerprint density at radius 1 is 1.27 bits per heavy atom. The molecule has 0 saturated carbocycles. The van der Waals surface area contributed by atoms with E-state index in [2.05, 4.69) is 25.8 Å². The highest BCUT2D eigenvalue weighted by molar-refractivity contribution is 14.1. The van der Waals surface area contributed by atoms with E-state index < -0.39 is 24.3 Å². The standard InChI is InChI=1S/C16H16FIN4O4/c1-19-13-6-4-10(16(24)22-26-8-14(23)25-2)15(21-13)20-12-5-3-9(18)7-11(12)17/h3-7H,8H2,1-2H3,(H,22,24)(H2,19,20,21). The molecule has 2 rings (SSSR count). The van der Waals surface area contributed by atoms with Crippen LogP contribution < -0.4 is 16.1 Å². The number of hydroxylamine groups is 1. The maximum Gasteiger partial charge on any atom is 0.334 e. The highest BCUT2D eigenvalue weighted by atomic mass is 127. The first kappa shape index (κ1) is 19.8. The molecule has 0 fully saturated rings. The quantitative estimate of drug-likeness (QED) is 0.322. The second kappa shape index (κ2) is 9.29. The number of hydrogen-bond donors (Lipinski definition) is 3. The molecule has 0 bridgehead atoms. The first-order chi connectivity index (χ1) is 12.4. The van der Waals surface area contributed by atoms with E-state index >= 15 is 0 Å². The number of methoxy groups -OCH3 is 1. The predicted octanol–water partition coefficient (Wildman–Crippen LogP) is 2.45. The SMILES string of the molecule is CNc1ccc(C(=O)NOCC(=O)OC)c(Nc2ccc(I)cc2F)n1. The number of amides is 1. The molecule has 1 amide bonds. The highest BCUT2D eigenvalue weighted by Crippen LogP contribution is 2.24. The van der Waals surface area contributed by atoms with E-state index in [0.29, 0.717) is 5.82 Å². The predicted molar refractivity (Wildman–Crippen MR) is 102 cm³/mol. The molecule has 26 heavy (non-hydrogen) atoms. The molecule has 0 atom stereocenters. The van der Waals surface area contributed by atoms with E-state index in [1.807, 2.05) is 22.6 Å². The summed E-state index contributed by atoms with van der Waals surface area (Å²) in [6.45, 7) is -0.446. The maximum atomic E-state index is 14.1. The number of carbonyl (C=O) groups excluding carboxylic acids is 2. The Morgan fingerprint density at radius 2 is 2.04 bits per heavy atom. The van der Waals surface area contributed by atoms with Crippen molar-refractivity contribution in [1.29, 1.82) is 0 Å². The van der Waals surface area contributed by atoms with Gasteiger partial charge in [-0.15, -0.1) is 0 Å². The van der Waals surface area contributed by atoms with Crippen LogP contribution in [0.4, 0.5) is 21.7 Å². The zero-order chi connectivity index (χ0) is 19.1. The zero-order valence-corrected chi connectivity index (χ0v) is 16.1. The minimum absolute atomic E-state index is 0.104. The van der Waals surface area contributed by atoms with Gasteiger partial charge in [0, 0.05) is 10.6 Å². The monoisotopic (exact) mass is 474 g/mol. The molecule has 138 valence electrons. The van der Waals surface area contributed by atoms with Crippen LogP contribution in [-0.4, -0.2) is 37.6 Å². The number of hydrogen-bond acceptors (Lipinski definition) is 7. The Kier molecular flexibility index (Phi) is 7.09. The molecule has 3 N–H and O–H groups in total. The Labute approximate surface area is 162 Å². The summed E-state index contributed by atoms with van der Waals surface area (Å²) in [4.78, 5) is 32.3. The van der Waals surface area contributed by atoms with Gasteiger partial charge in [-0.05, 0) is 52.9 Å². The molecule has 1 aromatic heterocycles. The van der Waals surface area contributed by atoms with Crippen LogP contribution in [0.5, 0.6) is 0 Å². The van der Waals surface area contributed by atoms with Crippen molar-refractivity contribution in [2.24, 2.45) is 0 Å². The van der Waals surface area contributed by atoms with Crippen LogP contribution in [0.1, 0.15) is 10.4 Å². The summed E-state index contributed by atoms with van der Waals surface area (Å²) >= 11 is 1.99. The largest absolute Gasteiger partial charge is 0.467 e. The van der Waals surface area contributed by atoms with E-state index in [-0.39, 0.29) is 17.1 Å². The molecule has 0 spiro atoms. The van der Waals surface area contributed by atoms with Crippen LogP contribution >= 0.6 is 22.6 Å². The molecule has 0 aliphatic carbocycles. The fourth-order valence-electron chi connectivity index (χ4n) is 1.87. The van der Waals surface area contributed by atoms with Gasteiger partial charge < -0.3 is 15.4 Å². The summed E-state index contributed by atoms with van der Waals surface area (Å²) in [5.41, 5.74) is 2.38. The van der Waals surface area contributed by atoms with Crippen molar-refractivity contribution in [3.05, 3.63) is 45.3 Å².